The van der Waals surface area contributed by atoms with E-state index in [-0.39, 0.29) is 17.4 Å². The lowest BCUT2D eigenvalue weighted by molar-refractivity contribution is 0.0949. The van der Waals surface area contributed by atoms with Gasteiger partial charge in [0.2, 0.25) is 0 Å². The Kier molecular flexibility index (Phi) is 3.90. The molecule has 0 spiro atoms. The van der Waals surface area contributed by atoms with Gasteiger partial charge in [0.05, 0.1) is 0 Å². The molecule has 78 valence electrons. The van der Waals surface area contributed by atoms with Crippen molar-refractivity contribution in [2.75, 3.05) is 12.3 Å². The predicted molar refractivity (Wildman–Crippen MR) is 52.7 cm³/mol. The second-order valence-corrected chi connectivity index (χ2v) is 3.02. The van der Waals surface area contributed by atoms with Crippen LogP contribution in [0.3, 0.4) is 0 Å². The quantitative estimate of drug-likeness (QED) is 0.592. The number of H-pyrrole nitrogens is 1. The molecule has 1 aromatic rings. The summed E-state index contributed by atoms with van der Waals surface area (Å²) in [6, 6.07) is 0. The number of anilines is 1. The first-order valence-corrected chi connectivity index (χ1v) is 4.70. The van der Waals surface area contributed by atoms with Crippen molar-refractivity contribution in [2.24, 2.45) is 0 Å². The first-order valence-electron chi connectivity index (χ1n) is 4.70. The topological polar surface area (TPSA) is 96.7 Å². The Labute approximate surface area is 82.3 Å². The van der Waals surface area contributed by atoms with Gasteiger partial charge < -0.3 is 11.1 Å². The maximum atomic E-state index is 11.4. The van der Waals surface area contributed by atoms with E-state index in [1.165, 1.54) is 0 Å². The summed E-state index contributed by atoms with van der Waals surface area (Å²) in [4.78, 5) is 11.4. The fraction of sp³-hybridized carbons (Fsp3) is 0.625. The number of hydrogen-bond acceptors (Lipinski definition) is 4. The summed E-state index contributed by atoms with van der Waals surface area (Å²) in [6.07, 6.45) is 3.20. The summed E-state index contributed by atoms with van der Waals surface area (Å²) in [5, 5.41) is 12.2. The summed E-state index contributed by atoms with van der Waals surface area (Å²) in [6.45, 7) is 2.76. The zero-order chi connectivity index (χ0) is 10.4. The van der Waals surface area contributed by atoms with Gasteiger partial charge in [0, 0.05) is 6.54 Å². The van der Waals surface area contributed by atoms with Crippen molar-refractivity contribution in [3.8, 4) is 0 Å². The summed E-state index contributed by atoms with van der Waals surface area (Å²) < 4.78 is 0. The van der Waals surface area contributed by atoms with Crippen molar-refractivity contribution in [2.45, 2.75) is 26.2 Å². The number of nitrogens with zero attached hydrogens (tertiary/aromatic N) is 2. The Balaban J connectivity index is 2.32. The smallest absolute Gasteiger partial charge is 0.275 e. The number of nitrogens with two attached hydrogens (primary N) is 1. The van der Waals surface area contributed by atoms with Gasteiger partial charge in [-0.1, -0.05) is 19.8 Å². The lowest BCUT2D eigenvalue weighted by atomic mass is 10.2. The molecule has 0 saturated heterocycles. The predicted octanol–water partition coefficient (Wildman–Crippen LogP) is 0.307. The molecule has 4 N–H and O–H groups in total. The Morgan fingerprint density at radius 2 is 2.29 bits per heavy atom. The molecule has 1 rings (SSSR count). The van der Waals surface area contributed by atoms with Crippen LogP contribution in [0.1, 0.15) is 36.7 Å². The maximum Gasteiger partial charge on any atom is 0.275 e. The molecule has 0 fully saturated rings. The summed E-state index contributed by atoms with van der Waals surface area (Å²) in [5.41, 5.74) is 5.57. The number of amides is 1. The number of hydrogen-bond donors (Lipinski definition) is 3. The minimum Gasteiger partial charge on any atom is -0.380 e. The Morgan fingerprint density at radius 1 is 1.50 bits per heavy atom. The molecule has 0 atom stereocenters. The van der Waals surface area contributed by atoms with Gasteiger partial charge in [-0.25, -0.2) is 0 Å². The molecule has 0 radical (unpaired) electrons. The first kappa shape index (κ1) is 10.5. The van der Waals surface area contributed by atoms with Crippen LogP contribution in [-0.4, -0.2) is 27.9 Å². The zero-order valence-electron chi connectivity index (χ0n) is 8.21. The number of aromatic nitrogens is 3. The maximum absolute atomic E-state index is 11.4. The standard InChI is InChI=1S/C8H15N5O/c1-2-3-4-5-10-8(14)6-7(9)12-13-11-6/h2-5H2,1H3,(H,10,14)(H3,9,11,12,13). The number of aromatic amines is 1. The lowest BCUT2D eigenvalue weighted by Crippen LogP contribution is -2.25. The fourth-order valence-electron chi connectivity index (χ4n) is 1.07. The number of unbranched alkanes of at least 4 members (excludes halogenated alkanes) is 2. The normalized spacial score (nSPS) is 10.1. The Morgan fingerprint density at radius 3 is 2.86 bits per heavy atom. The fourth-order valence-corrected chi connectivity index (χ4v) is 1.07. The highest BCUT2D eigenvalue weighted by atomic mass is 16.2. The van der Waals surface area contributed by atoms with Gasteiger partial charge in [0.15, 0.2) is 11.5 Å². The molecule has 1 aromatic heterocycles. The van der Waals surface area contributed by atoms with E-state index in [0.29, 0.717) is 6.54 Å². The Hall–Kier alpha value is -1.59. The molecule has 6 nitrogen and oxygen atoms in total. The second kappa shape index (κ2) is 5.21. The van der Waals surface area contributed by atoms with Crippen molar-refractivity contribution in [3.63, 3.8) is 0 Å². The van der Waals surface area contributed by atoms with Gasteiger partial charge >= 0.3 is 0 Å². The van der Waals surface area contributed by atoms with Crippen molar-refractivity contribution in [1.29, 1.82) is 0 Å². The van der Waals surface area contributed by atoms with Gasteiger partial charge in [0.1, 0.15) is 0 Å². The van der Waals surface area contributed by atoms with E-state index in [1.807, 2.05) is 0 Å². The van der Waals surface area contributed by atoms with Crippen LogP contribution in [0.25, 0.3) is 0 Å². The van der Waals surface area contributed by atoms with E-state index in [1.54, 1.807) is 0 Å². The molecular weight excluding hydrogens is 182 g/mol. The van der Waals surface area contributed by atoms with E-state index in [9.17, 15) is 4.79 Å². The highest BCUT2D eigenvalue weighted by Crippen LogP contribution is 2.01. The van der Waals surface area contributed by atoms with Crippen LogP contribution in [-0.2, 0) is 0 Å². The molecule has 1 heterocycles. The van der Waals surface area contributed by atoms with Gasteiger partial charge in [-0.05, 0) is 6.42 Å². The molecular formula is C8H15N5O. The van der Waals surface area contributed by atoms with Crippen LogP contribution >= 0.6 is 0 Å². The number of nitrogen functional groups attached to an aromatic ring is 1. The van der Waals surface area contributed by atoms with Crippen LogP contribution in [0, 0.1) is 0 Å². The van der Waals surface area contributed by atoms with Crippen molar-refractivity contribution in [3.05, 3.63) is 5.69 Å². The van der Waals surface area contributed by atoms with Crippen LogP contribution in [0.15, 0.2) is 0 Å². The summed E-state index contributed by atoms with van der Waals surface area (Å²) in [5.74, 6) is -0.134. The van der Waals surface area contributed by atoms with Gasteiger partial charge in [-0.3, -0.25) is 4.79 Å². The molecule has 1 amide bonds. The van der Waals surface area contributed by atoms with Gasteiger partial charge in [-0.2, -0.15) is 5.21 Å². The summed E-state index contributed by atoms with van der Waals surface area (Å²) in [7, 11) is 0. The average molecular weight is 197 g/mol. The van der Waals surface area contributed by atoms with E-state index in [4.69, 9.17) is 5.73 Å². The zero-order valence-corrected chi connectivity index (χ0v) is 8.21. The first-order chi connectivity index (χ1) is 6.75. The molecule has 0 aliphatic carbocycles. The Bertz CT molecular complexity index is 296. The molecule has 0 aliphatic rings. The minimum atomic E-state index is -0.271. The number of carbonyl (C=O) groups is 1. The van der Waals surface area contributed by atoms with Crippen molar-refractivity contribution >= 4 is 11.7 Å². The highest BCUT2D eigenvalue weighted by molar-refractivity contribution is 5.96. The van der Waals surface area contributed by atoms with Crippen molar-refractivity contribution in [1.82, 2.24) is 20.7 Å². The average Bonchev–Trinajstić information content (AvgIpc) is 2.59. The van der Waals surface area contributed by atoms with Crippen LogP contribution in [0.4, 0.5) is 5.82 Å². The monoisotopic (exact) mass is 197 g/mol. The van der Waals surface area contributed by atoms with E-state index >= 15 is 0 Å². The van der Waals surface area contributed by atoms with Crippen LogP contribution < -0.4 is 11.1 Å². The second-order valence-electron chi connectivity index (χ2n) is 3.02. The third-order valence-corrected chi connectivity index (χ3v) is 1.86. The number of carbonyl (C=O) groups excluding carboxylic acids is 1. The third-order valence-electron chi connectivity index (χ3n) is 1.86. The molecule has 14 heavy (non-hydrogen) atoms. The SMILES string of the molecule is CCCCCNC(=O)c1n[nH]nc1N. The van der Waals surface area contributed by atoms with E-state index < -0.39 is 0 Å². The number of rotatable bonds is 5. The lowest BCUT2D eigenvalue weighted by Gasteiger charge is -2.01. The molecule has 0 saturated carbocycles. The number of nitrogens with one attached hydrogen (secondary N) is 2. The van der Waals surface area contributed by atoms with Gasteiger partial charge in [-0.15, -0.1) is 10.2 Å². The summed E-state index contributed by atoms with van der Waals surface area (Å²) >= 11 is 0. The molecule has 6 heteroatoms. The minimum absolute atomic E-state index is 0.137. The van der Waals surface area contributed by atoms with E-state index in [0.717, 1.165) is 19.3 Å². The van der Waals surface area contributed by atoms with Crippen LogP contribution in [0.2, 0.25) is 0 Å². The molecule has 0 aromatic carbocycles. The molecule has 0 aliphatic heterocycles. The van der Waals surface area contributed by atoms with Crippen LogP contribution in [0.5, 0.6) is 0 Å². The molecule has 0 unspecified atom stereocenters. The highest BCUT2D eigenvalue weighted by Gasteiger charge is 2.12. The van der Waals surface area contributed by atoms with E-state index in [2.05, 4.69) is 27.7 Å². The van der Waals surface area contributed by atoms with Crippen molar-refractivity contribution < 1.29 is 4.79 Å². The van der Waals surface area contributed by atoms with Gasteiger partial charge in [0.25, 0.3) is 5.91 Å². The molecule has 0 bridgehead atoms. The third kappa shape index (κ3) is 2.72. The largest absolute Gasteiger partial charge is 0.380 e.